The number of anilines is 2. The molecule has 0 fully saturated rings. The maximum absolute atomic E-state index is 14.1. The van der Waals surface area contributed by atoms with Gasteiger partial charge in [0.25, 0.3) is 10.0 Å². The number of hydrogen-bond acceptors (Lipinski definition) is 5. The summed E-state index contributed by atoms with van der Waals surface area (Å²) in [6.07, 6.45) is 0. The lowest BCUT2D eigenvalue weighted by Crippen LogP contribution is -2.38. The quantitative estimate of drug-likeness (QED) is 0.345. The molecule has 6 nitrogen and oxygen atoms in total. The van der Waals surface area contributed by atoms with Crippen LogP contribution in [0.2, 0.25) is 0 Å². The number of benzene rings is 3. The lowest BCUT2D eigenvalue weighted by atomic mass is 9.93. The van der Waals surface area contributed by atoms with Crippen LogP contribution in [0.3, 0.4) is 0 Å². The molecule has 8 heteroatoms. The van der Waals surface area contributed by atoms with Crippen LogP contribution in [0.25, 0.3) is 10.8 Å². The average molecular weight is 508 g/mol. The lowest BCUT2D eigenvalue weighted by molar-refractivity contribution is -0.114. The van der Waals surface area contributed by atoms with Gasteiger partial charge in [-0.3, -0.25) is 9.10 Å². The summed E-state index contributed by atoms with van der Waals surface area (Å²) >= 11 is 1.33. The van der Waals surface area contributed by atoms with Gasteiger partial charge in [-0.1, -0.05) is 69.3 Å². The predicted octanol–water partition coefficient (Wildman–Crippen LogP) is 6.04. The molecular formula is C27H29N3O3S2. The van der Waals surface area contributed by atoms with Crippen LogP contribution < -0.4 is 9.62 Å². The second-order valence-corrected chi connectivity index (χ2v) is 12.2. The Morgan fingerprint density at radius 3 is 2.40 bits per heavy atom. The molecule has 182 valence electrons. The van der Waals surface area contributed by atoms with Gasteiger partial charge < -0.3 is 5.32 Å². The molecule has 4 aromatic rings. The van der Waals surface area contributed by atoms with E-state index in [1.165, 1.54) is 15.6 Å². The first kappa shape index (κ1) is 24.9. The molecule has 0 aliphatic carbocycles. The van der Waals surface area contributed by atoms with Gasteiger partial charge in [-0.25, -0.2) is 13.4 Å². The standard InChI is InChI=1S/C27H29N3O3S2/c1-18-10-8-14-22(19(18)2)30(16-25(31)29-26-28-24(17-34-26)27(3,4)5)35(32,33)23-15-9-12-20-11-6-7-13-21(20)23/h6-15,17H,16H2,1-5H3,(H,28,29,31). The smallest absolute Gasteiger partial charge is 0.265 e. The van der Waals surface area contributed by atoms with Gasteiger partial charge in [0.05, 0.1) is 16.3 Å². The Hall–Kier alpha value is -3.23. The van der Waals surface area contributed by atoms with E-state index in [0.717, 1.165) is 22.2 Å². The molecule has 1 N–H and O–H groups in total. The van der Waals surface area contributed by atoms with Gasteiger partial charge in [0.1, 0.15) is 6.54 Å². The van der Waals surface area contributed by atoms with Crippen LogP contribution in [0.15, 0.2) is 70.9 Å². The topological polar surface area (TPSA) is 79.4 Å². The number of aryl methyl sites for hydroxylation is 1. The third-order valence-electron chi connectivity index (χ3n) is 5.97. The maximum atomic E-state index is 14.1. The van der Waals surface area contributed by atoms with Gasteiger partial charge in [0, 0.05) is 16.2 Å². The minimum absolute atomic E-state index is 0.151. The largest absolute Gasteiger partial charge is 0.300 e. The lowest BCUT2D eigenvalue weighted by Gasteiger charge is -2.26. The van der Waals surface area contributed by atoms with Crippen LogP contribution in [0, 0.1) is 13.8 Å². The highest BCUT2D eigenvalue weighted by Gasteiger charge is 2.30. The SMILES string of the molecule is Cc1cccc(N(CC(=O)Nc2nc(C(C)(C)C)cs2)S(=O)(=O)c2cccc3ccccc23)c1C. The minimum atomic E-state index is -4.07. The zero-order valence-electron chi connectivity index (χ0n) is 20.5. The van der Waals surface area contributed by atoms with E-state index in [1.54, 1.807) is 30.3 Å². The number of carbonyl (C=O) groups excluding carboxylic acids is 1. The summed E-state index contributed by atoms with van der Waals surface area (Å²) in [5, 5.41) is 6.57. The molecule has 0 aliphatic rings. The molecule has 0 unspecified atom stereocenters. The zero-order chi connectivity index (χ0) is 25.4. The van der Waals surface area contributed by atoms with Crippen molar-refractivity contribution in [3.05, 3.63) is 82.9 Å². The Labute approximate surface area is 210 Å². The van der Waals surface area contributed by atoms with E-state index in [0.29, 0.717) is 16.2 Å². The fourth-order valence-corrected chi connectivity index (χ4v) is 6.46. The van der Waals surface area contributed by atoms with Crippen LogP contribution in [-0.4, -0.2) is 25.9 Å². The van der Waals surface area contributed by atoms with Crippen LogP contribution in [0.4, 0.5) is 10.8 Å². The molecule has 3 aromatic carbocycles. The molecule has 0 spiro atoms. The molecule has 35 heavy (non-hydrogen) atoms. The van der Waals surface area contributed by atoms with Crippen molar-refractivity contribution >= 4 is 48.9 Å². The number of thiazole rings is 1. The third kappa shape index (κ3) is 5.09. The number of nitrogens with one attached hydrogen (secondary N) is 1. The van der Waals surface area contributed by atoms with Crippen LogP contribution >= 0.6 is 11.3 Å². The van der Waals surface area contributed by atoms with Crippen LogP contribution in [-0.2, 0) is 20.2 Å². The Morgan fingerprint density at radius 2 is 1.69 bits per heavy atom. The molecule has 1 heterocycles. The molecule has 1 amide bonds. The summed E-state index contributed by atoms with van der Waals surface area (Å²) in [4.78, 5) is 17.8. The Kier molecular flexibility index (Phi) is 6.71. The summed E-state index contributed by atoms with van der Waals surface area (Å²) in [6, 6.07) is 18.0. The fraction of sp³-hybridized carbons (Fsp3) is 0.259. The van der Waals surface area contributed by atoms with Crippen molar-refractivity contribution in [2.75, 3.05) is 16.2 Å². The highest BCUT2D eigenvalue weighted by molar-refractivity contribution is 7.93. The van der Waals surface area contributed by atoms with Crippen molar-refractivity contribution in [3.8, 4) is 0 Å². The second-order valence-electron chi connectivity index (χ2n) is 9.54. The second kappa shape index (κ2) is 9.43. The number of amides is 1. The van der Waals surface area contributed by atoms with E-state index in [-0.39, 0.29) is 16.9 Å². The number of sulfonamides is 1. The first-order chi connectivity index (χ1) is 16.5. The number of fused-ring (bicyclic) bond motifs is 1. The number of carbonyl (C=O) groups is 1. The number of nitrogens with zero attached hydrogens (tertiary/aromatic N) is 2. The average Bonchev–Trinajstić information content (AvgIpc) is 3.28. The van der Waals surface area contributed by atoms with Crippen molar-refractivity contribution in [1.29, 1.82) is 0 Å². The van der Waals surface area contributed by atoms with Gasteiger partial charge in [0.2, 0.25) is 5.91 Å². The first-order valence-corrected chi connectivity index (χ1v) is 13.6. The van der Waals surface area contributed by atoms with Gasteiger partial charge in [-0.05, 0) is 42.5 Å². The van der Waals surface area contributed by atoms with Crippen molar-refractivity contribution in [3.63, 3.8) is 0 Å². The van der Waals surface area contributed by atoms with E-state index in [9.17, 15) is 13.2 Å². The number of hydrogen-bond donors (Lipinski definition) is 1. The van der Waals surface area contributed by atoms with Gasteiger partial charge in [-0.2, -0.15) is 0 Å². The molecule has 0 saturated carbocycles. The predicted molar refractivity (Wildman–Crippen MR) is 144 cm³/mol. The Bertz CT molecular complexity index is 1500. The maximum Gasteiger partial charge on any atom is 0.265 e. The minimum Gasteiger partial charge on any atom is -0.300 e. The normalized spacial score (nSPS) is 12.0. The van der Waals surface area contributed by atoms with Crippen LogP contribution in [0.5, 0.6) is 0 Å². The Morgan fingerprint density at radius 1 is 1.00 bits per heavy atom. The highest BCUT2D eigenvalue weighted by atomic mass is 32.2. The molecule has 0 atom stereocenters. The molecule has 0 radical (unpaired) electrons. The molecule has 0 aliphatic heterocycles. The van der Waals surface area contributed by atoms with Crippen LogP contribution in [0.1, 0.15) is 37.6 Å². The van der Waals surface area contributed by atoms with Crippen molar-refractivity contribution in [2.24, 2.45) is 0 Å². The first-order valence-electron chi connectivity index (χ1n) is 11.3. The molecule has 1 aromatic heterocycles. The third-order valence-corrected chi connectivity index (χ3v) is 8.54. The van der Waals surface area contributed by atoms with Crippen molar-refractivity contribution in [1.82, 2.24) is 4.98 Å². The van der Waals surface area contributed by atoms with E-state index in [2.05, 4.69) is 10.3 Å². The molecule has 0 bridgehead atoms. The summed E-state index contributed by atoms with van der Waals surface area (Å²) in [5.41, 5.74) is 2.93. The molecular weight excluding hydrogens is 478 g/mol. The van der Waals surface area contributed by atoms with Gasteiger partial charge in [-0.15, -0.1) is 11.3 Å². The molecule has 0 saturated heterocycles. The summed E-state index contributed by atoms with van der Waals surface area (Å²) in [7, 11) is -4.07. The van der Waals surface area contributed by atoms with Gasteiger partial charge in [0.15, 0.2) is 5.13 Å². The van der Waals surface area contributed by atoms with E-state index < -0.39 is 15.9 Å². The summed E-state index contributed by atoms with van der Waals surface area (Å²) in [5.74, 6) is -0.454. The van der Waals surface area contributed by atoms with E-state index in [1.807, 2.05) is 70.3 Å². The zero-order valence-corrected chi connectivity index (χ0v) is 22.1. The number of aromatic nitrogens is 1. The van der Waals surface area contributed by atoms with E-state index >= 15 is 0 Å². The van der Waals surface area contributed by atoms with Gasteiger partial charge >= 0.3 is 0 Å². The number of rotatable bonds is 6. The highest BCUT2D eigenvalue weighted by Crippen LogP contribution is 2.32. The van der Waals surface area contributed by atoms with E-state index in [4.69, 9.17) is 0 Å². The molecule has 4 rings (SSSR count). The summed E-state index contributed by atoms with van der Waals surface area (Å²) in [6.45, 7) is 9.56. The monoisotopic (exact) mass is 507 g/mol. The Balaban J connectivity index is 1.75. The van der Waals surface area contributed by atoms with Crippen molar-refractivity contribution in [2.45, 2.75) is 44.9 Å². The fourth-order valence-electron chi connectivity index (χ4n) is 3.81. The summed E-state index contributed by atoms with van der Waals surface area (Å²) < 4.78 is 29.3. The van der Waals surface area contributed by atoms with Crippen molar-refractivity contribution < 1.29 is 13.2 Å².